The van der Waals surface area contributed by atoms with Crippen molar-refractivity contribution < 1.29 is 9.84 Å². The summed E-state index contributed by atoms with van der Waals surface area (Å²) in [6, 6.07) is 16.1. The zero-order valence-corrected chi connectivity index (χ0v) is 13.3. The molecule has 0 spiro atoms. The maximum absolute atomic E-state index is 10.0. The van der Waals surface area contributed by atoms with Gasteiger partial charge >= 0.3 is 0 Å². The number of hydrogen-bond acceptors (Lipinski definition) is 3. The van der Waals surface area contributed by atoms with Crippen LogP contribution in [-0.2, 0) is 6.54 Å². The number of hydrogen-bond donors (Lipinski definition) is 3. The zero-order valence-electron chi connectivity index (χ0n) is 13.3. The van der Waals surface area contributed by atoms with Crippen LogP contribution >= 0.6 is 0 Å². The van der Waals surface area contributed by atoms with Gasteiger partial charge < -0.3 is 20.1 Å². The van der Waals surface area contributed by atoms with E-state index in [-0.39, 0.29) is 6.61 Å². The molecular weight excluding hydrogens is 288 g/mol. The highest BCUT2D eigenvalue weighted by Gasteiger charge is 2.06. The average Bonchev–Trinajstić information content (AvgIpc) is 3.02. The monoisotopic (exact) mass is 310 g/mol. The predicted octanol–water partition coefficient (Wildman–Crippen LogP) is 3.01. The van der Waals surface area contributed by atoms with Gasteiger partial charge in [0.2, 0.25) is 0 Å². The highest BCUT2D eigenvalue weighted by Crippen LogP contribution is 2.17. The van der Waals surface area contributed by atoms with Crippen molar-refractivity contribution in [1.29, 1.82) is 0 Å². The minimum absolute atomic E-state index is 0.283. The largest absolute Gasteiger partial charge is 0.491 e. The van der Waals surface area contributed by atoms with E-state index in [1.165, 1.54) is 10.9 Å². The second kappa shape index (κ2) is 7.31. The van der Waals surface area contributed by atoms with Gasteiger partial charge in [0.05, 0.1) is 0 Å². The van der Waals surface area contributed by atoms with Crippen molar-refractivity contribution in [2.75, 3.05) is 13.2 Å². The van der Waals surface area contributed by atoms with Gasteiger partial charge in [-0.15, -0.1) is 0 Å². The molecule has 0 saturated heterocycles. The molecule has 1 atom stereocenters. The summed E-state index contributed by atoms with van der Waals surface area (Å²) < 4.78 is 5.61. The summed E-state index contributed by atoms with van der Waals surface area (Å²) in [7, 11) is 0. The lowest BCUT2D eigenvalue weighted by Gasteiger charge is -2.14. The van der Waals surface area contributed by atoms with Crippen molar-refractivity contribution >= 4 is 10.9 Å². The molecule has 0 aliphatic rings. The molecule has 1 heterocycles. The maximum Gasteiger partial charge on any atom is 0.119 e. The van der Waals surface area contributed by atoms with E-state index in [2.05, 4.69) is 28.5 Å². The third-order valence-electron chi connectivity index (χ3n) is 3.81. The number of aryl methyl sites for hydroxylation is 1. The summed E-state index contributed by atoms with van der Waals surface area (Å²) in [5.41, 5.74) is 3.50. The van der Waals surface area contributed by atoms with Gasteiger partial charge in [0, 0.05) is 30.2 Å². The molecule has 1 unspecified atom stereocenters. The summed E-state index contributed by atoms with van der Waals surface area (Å²) >= 11 is 0. The van der Waals surface area contributed by atoms with E-state index in [9.17, 15) is 5.11 Å². The van der Waals surface area contributed by atoms with Crippen LogP contribution in [0.15, 0.2) is 54.7 Å². The number of aromatic nitrogens is 1. The fourth-order valence-corrected chi connectivity index (χ4v) is 2.63. The van der Waals surface area contributed by atoms with E-state index in [1.54, 1.807) is 0 Å². The van der Waals surface area contributed by atoms with Crippen LogP contribution in [0.4, 0.5) is 0 Å². The molecule has 23 heavy (non-hydrogen) atoms. The van der Waals surface area contributed by atoms with Crippen molar-refractivity contribution in [1.82, 2.24) is 10.3 Å². The molecule has 3 rings (SSSR count). The van der Waals surface area contributed by atoms with Gasteiger partial charge in [-0.3, -0.25) is 0 Å². The fraction of sp³-hybridized carbons (Fsp3) is 0.263. The van der Waals surface area contributed by atoms with Crippen LogP contribution in [0.2, 0.25) is 0 Å². The van der Waals surface area contributed by atoms with Gasteiger partial charge in [0.25, 0.3) is 0 Å². The molecule has 0 radical (unpaired) electrons. The van der Waals surface area contributed by atoms with E-state index in [1.807, 2.05) is 43.5 Å². The molecule has 3 N–H and O–H groups in total. The Labute approximate surface area is 136 Å². The average molecular weight is 310 g/mol. The molecule has 120 valence electrons. The summed E-state index contributed by atoms with van der Waals surface area (Å²) in [4.78, 5) is 3.20. The quantitative estimate of drug-likeness (QED) is 0.629. The number of nitrogens with one attached hydrogen (secondary N) is 2. The number of fused-ring (bicyclic) bond motifs is 1. The normalized spacial score (nSPS) is 12.4. The van der Waals surface area contributed by atoms with Gasteiger partial charge in [-0.1, -0.05) is 24.3 Å². The topological polar surface area (TPSA) is 57.3 Å². The molecular formula is C19H22N2O2. The second-order valence-corrected chi connectivity index (χ2v) is 5.77. The van der Waals surface area contributed by atoms with E-state index >= 15 is 0 Å². The molecule has 1 aromatic heterocycles. The van der Waals surface area contributed by atoms with Crippen LogP contribution in [0.5, 0.6) is 5.75 Å². The number of aromatic amines is 1. The molecule has 3 aromatic rings. The molecule has 4 nitrogen and oxygen atoms in total. The number of H-pyrrole nitrogens is 1. The summed E-state index contributed by atoms with van der Waals surface area (Å²) in [5, 5.41) is 14.5. The highest BCUT2D eigenvalue weighted by atomic mass is 16.5. The van der Waals surface area contributed by atoms with Gasteiger partial charge in [-0.2, -0.15) is 0 Å². The molecule has 0 bridgehead atoms. The lowest BCUT2D eigenvalue weighted by Crippen LogP contribution is -2.31. The minimum atomic E-state index is -0.541. The molecule has 0 amide bonds. The summed E-state index contributed by atoms with van der Waals surface area (Å²) in [5.74, 6) is 0.793. The first kappa shape index (κ1) is 15.6. The Balaban J connectivity index is 1.46. The van der Waals surface area contributed by atoms with Crippen LogP contribution in [0.25, 0.3) is 10.9 Å². The molecule has 0 saturated carbocycles. The van der Waals surface area contributed by atoms with E-state index in [0.29, 0.717) is 6.54 Å². The Bertz CT molecular complexity index is 767. The summed E-state index contributed by atoms with van der Waals surface area (Å²) in [6.07, 6.45) is 1.40. The van der Waals surface area contributed by atoms with Gasteiger partial charge in [0.15, 0.2) is 0 Å². The molecule has 4 heteroatoms. The number of benzene rings is 2. The standard InChI is InChI=1S/C19H22N2O2/c1-14-4-2-6-17(10-14)23-13-16(22)12-20-11-15-5-3-7-19-18(15)8-9-21-19/h2-10,16,20-22H,11-13H2,1H3. The summed E-state index contributed by atoms with van der Waals surface area (Å²) in [6.45, 7) is 3.51. The molecule has 2 aromatic carbocycles. The van der Waals surface area contributed by atoms with Crippen molar-refractivity contribution in [3.8, 4) is 5.75 Å². The van der Waals surface area contributed by atoms with Crippen LogP contribution in [0.1, 0.15) is 11.1 Å². The number of rotatable bonds is 7. The van der Waals surface area contributed by atoms with Crippen LogP contribution < -0.4 is 10.1 Å². The lowest BCUT2D eigenvalue weighted by molar-refractivity contribution is 0.106. The van der Waals surface area contributed by atoms with E-state index < -0.39 is 6.10 Å². The first-order valence-corrected chi connectivity index (χ1v) is 7.85. The molecule has 0 aliphatic carbocycles. The minimum Gasteiger partial charge on any atom is -0.491 e. The third kappa shape index (κ3) is 4.12. The Morgan fingerprint density at radius 2 is 2.04 bits per heavy atom. The molecule has 0 aliphatic heterocycles. The predicted molar refractivity (Wildman–Crippen MR) is 92.7 cm³/mol. The van der Waals surface area contributed by atoms with Crippen molar-refractivity contribution in [3.63, 3.8) is 0 Å². The molecule has 0 fully saturated rings. The van der Waals surface area contributed by atoms with Gasteiger partial charge in [0.1, 0.15) is 18.5 Å². The second-order valence-electron chi connectivity index (χ2n) is 5.77. The number of aliphatic hydroxyl groups is 1. The third-order valence-corrected chi connectivity index (χ3v) is 3.81. The lowest BCUT2D eigenvalue weighted by atomic mass is 10.1. The first-order chi connectivity index (χ1) is 11.2. The maximum atomic E-state index is 10.0. The SMILES string of the molecule is Cc1cccc(OCC(O)CNCc2cccc3[nH]ccc23)c1. The van der Waals surface area contributed by atoms with E-state index in [4.69, 9.17) is 4.74 Å². The van der Waals surface area contributed by atoms with Gasteiger partial charge in [-0.05, 0) is 42.3 Å². The van der Waals surface area contributed by atoms with Crippen molar-refractivity contribution in [3.05, 3.63) is 65.9 Å². The smallest absolute Gasteiger partial charge is 0.119 e. The van der Waals surface area contributed by atoms with Crippen LogP contribution in [0, 0.1) is 6.92 Å². The fourth-order valence-electron chi connectivity index (χ4n) is 2.63. The Hall–Kier alpha value is -2.30. The number of aliphatic hydroxyl groups excluding tert-OH is 1. The Kier molecular flexibility index (Phi) is 4.95. The highest BCUT2D eigenvalue weighted by molar-refractivity contribution is 5.82. The Morgan fingerprint density at radius 3 is 2.91 bits per heavy atom. The first-order valence-electron chi connectivity index (χ1n) is 7.85. The number of ether oxygens (including phenoxy) is 1. The zero-order chi connectivity index (χ0) is 16.1. The van der Waals surface area contributed by atoms with Crippen molar-refractivity contribution in [2.24, 2.45) is 0 Å². The van der Waals surface area contributed by atoms with Gasteiger partial charge in [-0.25, -0.2) is 0 Å². The Morgan fingerprint density at radius 1 is 1.17 bits per heavy atom. The van der Waals surface area contributed by atoms with E-state index in [0.717, 1.165) is 23.4 Å². The van der Waals surface area contributed by atoms with Crippen molar-refractivity contribution in [2.45, 2.75) is 19.6 Å². The van der Waals surface area contributed by atoms with Crippen LogP contribution in [-0.4, -0.2) is 29.3 Å². The van der Waals surface area contributed by atoms with Crippen LogP contribution in [0.3, 0.4) is 0 Å².